The average Bonchev–Trinajstić information content (AvgIpc) is 2.94. The molecule has 0 unspecified atom stereocenters. The number of amides is 2. The molecular formula is C30H24F3N3O3S. The van der Waals surface area contributed by atoms with Crippen LogP contribution < -0.4 is 20.7 Å². The summed E-state index contributed by atoms with van der Waals surface area (Å²) < 4.78 is 44.6. The number of anilines is 2. The van der Waals surface area contributed by atoms with Gasteiger partial charge in [0, 0.05) is 28.9 Å². The number of carbonyl (C=O) groups is 2. The molecule has 0 heterocycles. The van der Waals surface area contributed by atoms with E-state index in [9.17, 15) is 22.8 Å². The lowest BCUT2D eigenvalue weighted by molar-refractivity contribution is -0.137. The number of thiocarbonyl (C=S) groups is 1. The van der Waals surface area contributed by atoms with Crippen LogP contribution in [-0.2, 0) is 12.6 Å². The molecule has 0 bridgehead atoms. The second-order valence-electron chi connectivity index (χ2n) is 8.63. The third kappa shape index (κ3) is 8.15. The normalized spacial score (nSPS) is 10.9. The molecule has 0 atom stereocenters. The van der Waals surface area contributed by atoms with Crippen molar-refractivity contribution in [3.05, 3.63) is 125 Å². The number of rotatable bonds is 8. The first-order valence-electron chi connectivity index (χ1n) is 12.2. The Morgan fingerprint density at radius 2 is 1.40 bits per heavy atom. The Morgan fingerprint density at radius 1 is 0.725 bits per heavy atom. The molecule has 40 heavy (non-hydrogen) atoms. The molecule has 0 aliphatic carbocycles. The molecule has 3 N–H and O–H groups in total. The number of nitrogens with one attached hydrogen (secondary N) is 3. The number of benzene rings is 4. The van der Waals surface area contributed by atoms with E-state index in [1.807, 2.05) is 30.3 Å². The van der Waals surface area contributed by atoms with Gasteiger partial charge in [0.15, 0.2) is 5.11 Å². The van der Waals surface area contributed by atoms with Crippen LogP contribution in [0.5, 0.6) is 5.75 Å². The van der Waals surface area contributed by atoms with Gasteiger partial charge >= 0.3 is 6.18 Å². The lowest BCUT2D eigenvalue weighted by Crippen LogP contribution is -2.34. The molecule has 4 aromatic carbocycles. The minimum absolute atomic E-state index is 0.00336. The van der Waals surface area contributed by atoms with E-state index >= 15 is 0 Å². The van der Waals surface area contributed by atoms with E-state index in [0.29, 0.717) is 23.6 Å². The van der Waals surface area contributed by atoms with Crippen LogP contribution >= 0.6 is 12.2 Å². The van der Waals surface area contributed by atoms with Gasteiger partial charge in [-0.3, -0.25) is 14.9 Å². The smallest absolute Gasteiger partial charge is 0.416 e. The summed E-state index contributed by atoms with van der Waals surface area (Å²) in [6, 6.07) is 27.1. The van der Waals surface area contributed by atoms with Crippen LogP contribution in [0.4, 0.5) is 24.5 Å². The third-order valence-corrected chi connectivity index (χ3v) is 5.88. The van der Waals surface area contributed by atoms with Gasteiger partial charge in [-0.1, -0.05) is 42.5 Å². The van der Waals surface area contributed by atoms with Crippen LogP contribution in [0.25, 0.3) is 0 Å². The highest BCUT2D eigenvalue weighted by molar-refractivity contribution is 7.80. The first-order chi connectivity index (χ1) is 19.2. The lowest BCUT2D eigenvalue weighted by atomic mass is 10.1. The summed E-state index contributed by atoms with van der Waals surface area (Å²) in [5.41, 5.74) is 1.26. The maximum atomic E-state index is 12.9. The predicted octanol–water partition coefficient (Wildman–Crippen LogP) is 6.71. The topological polar surface area (TPSA) is 79.5 Å². The molecule has 0 aliphatic heterocycles. The standard InChI is InChI=1S/C30H24F3N3O3S/c31-30(32,33)23-9-5-11-25(19-23)34-28(38)22-8-4-10-24(18-22)35-29(40)36-27(37)21-12-14-26(15-13-21)39-17-16-20-6-2-1-3-7-20/h1-15,18-19H,16-17H2,(H,34,38)(H2,35,36,37,40). The Labute approximate surface area is 234 Å². The average molecular weight is 564 g/mol. The Morgan fingerprint density at radius 3 is 2.10 bits per heavy atom. The fourth-order valence-corrected chi connectivity index (χ4v) is 3.90. The van der Waals surface area contributed by atoms with Crippen LogP contribution in [-0.4, -0.2) is 23.5 Å². The molecule has 0 spiro atoms. The van der Waals surface area contributed by atoms with E-state index in [0.717, 1.165) is 18.6 Å². The highest BCUT2D eigenvalue weighted by Crippen LogP contribution is 2.30. The van der Waals surface area contributed by atoms with Gasteiger partial charge < -0.3 is 15.4 Å². The van der Waals surface area contributed by atoms with Crippen molar-refractivity contribution < 1.29 is 27.5 Å². The van der Waals surface area contributed by atoms with Crippen molar-refractivity contribution in [2.45, 2.75) is 12.6 Å². The van der Waals surface area contributed by atoms with Crippen LogP contribution in [0.1, 0.15) is 31.8 Å². The molecule has 0 fully saturated rings. The fraction of sp³-hybridized carbons (Fsp3) is 0.100. The summed E-state index contributed by atoms with van der Waals surface area (Å²) >= 11 is 5.23. The minimum atomic E-state index is -4.52. The third-order valence-electron chi connectivity index (χ3n) is 5.68. The Balaban J connectivity index is 1.29. The summed E-state index contributed by atoms with van der Waals surface area (Å²) in [7, 11) is 0. The minimum Gasteiger partial charge on any atom is -0.493 e. The van der Waals surface area contributed by atoms with Crippen LogP contribution in [0.2, 0.25) is 0 Å². The van der Waals surface area contributed by atoms with Crippen molar-refractivity contribution in [2.24, 2.45) is 0 Å². The van der Waals surface area contributed by atoms with E-state index in [2.05, 4.69) is 16.0 Å². The Bertz CT molecular complexity index is 1490. The van der Waals surface area contributed by atoms with Gasteiger partial charge in [0.2, 0.25) is 0 Å². The summed E-state index contributed by atoms with van der Waals surface area (Å²) in [5, 5.41) is 7.86. The number of hydrogen-bond donors (Lipinski definition) is 3. The molecule has 0 radical (unpaired) electrons. The number of hydrogen-bond acceptors (Lipinski definition) is 4. The Kier molecular flexibility index (Phi) is 9.13. The van der Waals surface area contributed by atoms with Crippen molar-refractivity contribution in [3.63, 3.8) is 0 Å². The highest BCUT2D eigenvalue weighted by atomic mass is 32.1. The van der Waals surface area contributed by atoms with E-state index in [1.165, 1.54) is 29.8 Å². The quantitative estimate of drug-likeness (QED) is 0.208. The molecule has 4 rings (SSSR count). The number of carbonyl (C=O) groups excluding carboxylic acids is 2. The largest absolute Gasteiger partial charge is 0.493 e. The summed E-state index contributed by atoms with van der Waals surface area (Å²) in [6.45, 7) is 0.501. The van der Waals surface area contributed by atoms with Crippen LogP contribution in [0.15, 0.2) is 103 Å². The van der Waals surface area contributed by atoms with Gasteiger partial charge in [-0.2, -0.15) is 13.2 Å². The van der Waals surface area contributed by atoms with Crippen molar-refractivity contribution in [1.82, 2.24) is 5.32 Å². The van der Waals surface area contributed by atoms with Gasteiger partial charge in [-0.15, -0.1) is 0 Å². The maximum absolute atomic E-state index is 12.9. The van der Waals surface area contributed by atoms with E-state index in [1.54, 1.807) is 36.4 Å². The number of ether oxygens (including phenoxy) is 1. The van der Waals surface area contributed by atoms with Crippen LogP contribution in [0.3, 0.4) is 0 Å². The first-order valence-corrected chi connectivity index (χ1v) is 12.6. The van der Waals surface area contributed by atoms with Gasteiger partial charge in [0.1, 0.15) is 5.75 Å². The monoisotopic (exact) mass is 563 g/mol. The summed E-state index contributed by atoms with van der Waals surface area (Å²) in [6.07, 6.45) is -3.76. The van der Waals surface area contributed by atoms with Crippen LogP contribution in [0, 0.1) is 0 Å². The van der Waals surface area contributed by atoms with Gasteiger partial charge in [-0.05, 0) is 78.4 Å². The molecule has 0 saturated heterocycles. The van der Waals surface area contributed by atoms with Crippen molar-refractivity contribution in [1.29, 1.82) is 0 Å². The van der Waals surface area contributed by atoms with Crippen molar-refractivity contribution in [2.75, 3.05) is 17.2 Å². The lowest BCUT2D eigenvalue weighted by Gasteiger charge is -2.12. The molecule has 0 aromatic heterocycles. The summed E-state index contributed by atoms with van der Waals surface area (Å²) in [5.74, 6) is -0.413. The molecule has 204 valence electrons. The van der Waals surface area contributed by atoms with E-state index in [4.69, 9.17) is 17.0 Å². The summed E-state index contributed by atoms with van der Waals surface area (Å²) in [4.78, 5) is 25.2. The van der Waals surface area contributed by atoms with Crippen molar-refractivity contribution in [3.8, 4) is 5.75 Å². The zero-order valence-corrected chi connectivity index (χ0v) is 21.8. The predicted molar refractivity (Wildman–Crippen MR) is 152 cm³/mol. The van der Waals surface area contributed by atoms with Gasteiger partial charge in [0.05, 0.1) is 12.2 Å². The zero-order valence-electron chi connectivity index (χ0n) is 21.0. The van der Waals surface area contributed by atoms with E-state index < -0.39 is 23.6 Å². The highest BCUT2D eigenvalue weighted by Gasteiger charge is 2.30. The second kappa shape index (κ2) is 12.9. The number of halogens is 3. The zero-order chi connectivity index (χ0) is 28.5. The van der Waals surface area contributed by atoms with Gasteiger partial charge in [-0.25, -0.2) is 0 Å². The number of alkyl halides is 3. The molecule has 4 aromatic rings. The molecule has 0 aliphatic rings. The molecule has 0 saturated carbocycles. The first kappa shape index (κ1) is 28.3. The van der Waals surface area contributed by atoms with E-state index in [-0.39, 0.29) is 16.4 Å². The fourth-order valence-electron chi connectivity index (χ4n) is 3.69. The molecule has 6 nitrogen and oxygen atoms in total. The van der Waals surface area contributed by atoms with Gasteiger partial charge in [0.25, 0.3) is 11.8 Å². The second-order valence-corrected chi connectivity index (χ2v) is 9.04. The molecule has 10 heteroatoms. The SMILES string of the molecule is O=C(NC(=S)Nc1cccc(C(=O)Nc2cccc(C(F)(F)F)c2)c1)c1ccc(OCCc2ccccc2)cc1. The Hall–Kier alpha value is -4.70. The molecule has 2 amide bonds. The van der Waals surface area contributed by atoms with Crippen molar-refractivity contribution >= 4 is 40.5 Å². The molecular weight excluding hydrogens is 539 g/mol. The maximum Gasteiger partial charge on any atom is 0.416 e.